The highest BCUT2D eigenvalue weighted by Gasteiger charge is 2.26. The fourth-order valence-electron chi connectivity index (χ4n) is 2.99. The van der Waals surface area contributed by atoms with E-state index in [1.54, 1.807) is 0 Å². The van der Waals surface area contributed by atoms with Gasteiger partial charge in [-0.2, -0.15) is 0 Å². The SMILES string of the molecule is O=C1CCC(c2ccc(CCl)cc2)c2cc(CCl)ccc21. The number of Topliss-reactive ketones (excluding diaryl/α,β-unsaturated/α-hetero) is 1. The molecular formula is C18H16Cl2O. The van der Waals surface area contributed by atoms with Gasteiger partial charge in [0.15, 0.2) is 5.78 Å². The van der Waals surface area contributed by atoms with Gasteiger partial charge in [0, 0.05) is 29.7 Å². The fourth-order valence-corrected chi connectivity index (χ4v) is 3.33. The van der Waals surface area contributed by atoms with Crippen LogP contribution in [0, 0.1) is 0 Å². The Bertz CT molecular complexity index is 661. The summed E-state index contributed by atoms with van der Waals surface area (Å²) in [5.41, 5.74) is 5.38. The first-order valence-electron chi connectivity index (χ1n) is 7.09. The Morgan fingerprint density at radius 2 is 1.62 bits per heavy atom. The van der Waals surface area contributed by atoms with Crippen LogP contribution in [0.1, 0.15) is 51.4 Å². The molecule has 1 aliphatic rings. The average molecular weight is 319 g/mol. The Labute approximate surface area is 134 Å². The maximum Gasteiger partial charge on any atom is 0.163 e. The summed E-state index contributed by atoms with van der Waals surface area (Å²) in [5, 5.41) is 0. The predicted molar refractivity (Wildman–Crippen MR) is 87.4 cm³/mol. The van der Waals surface area contributed by atoms with E-state index in [9.17, 15) is 4.79 Å². The van der Waals surface area contributed by atoms with E-state index >= 15 is 0 Å². The quantitative estimate of drug-likeness (QED) is 0.704. The number of halogens is 2. The Hall–Kier alpha value is -1.31. The molecule has 0 spiro atoms. The summed E-state index contributed by atoms with van der Waals surface area (Å²) in [6.45, 7) is 0. The molecule has 1 nitrogen and oxygen atoms in total. The third-order valence-electron chi connectivity index (χ3n) is 4.14. The standard InChI is InChI=1S/C18H16Cl2O/c19-10-12-1-4-14(5-2-12)15-7-8-18(21)16-6-3-13(11-20)9-17(15)16/h1-6,9,15H,7-8,10-11H2. The number of ketones is 1. The Balaban J connectivity index is 2.04. The van der Waals surface area contributed by atoms with E-state index in [1.165, 1.54) is 5.56 Å². The van der Waals surface area contributed by atoms with Crippen LogP contribution in [0.3, 0.4) is 0 Å². The largest absolute Gasteiger partial charge is 0.294 e. The van der Waals surface area contributed by atoms with Crippen LogP contribution < -0.4 is 0 Å². The molecule has 0 saturated heterocycles. The molecule has 0 aromatic heterocycles. The van der Waals surface area contributed by atoms with Crippen LogP contribution in [-0.2, 0) is 11.8 Å². The van der Waals surface area contributed by atoms with Gasteiger partial charge in [-0.1, -0.05) is 42.5 Å². The first kappa shape index (κ1) is 14.6. The summed E-state index contributed by atoms with van der Waals surface area (Å²) in [6, 6.07) is 14.3. The lowest BCUT2D eigenvalue weighted by Gasteiger charge is -2.26. The molecule has 0 bridgehead atoms. The lowest BCUT2D eigenvalue weighted by molar-refractivity contribution is 0.0969. The van der Waals surface area contributed by atoms with Gasteiger partial charge in [0.05, 0.1) is 0 Å². The molecule has 3 rings (SSSR count). The third-order valence-corrected chi connectivity index (χ3v) is 4.76. The monoisotopic (exact) mass is 318 g/mol. The summed E-state index contributed by atoms with van der Waals surface area (Å²) < 4.78 is 0. The maximum absolute atomic E-state index is 12.1. The molecule has 0 saturated carbocycles. The molecule has 0 amide bonds. The van der Waals surface area contributed by atoms with Crippen molar-refractivity contribution in [3.05, 3.63) is 70.3 Å². The Morgan fingerprint density at radius 3 is 2.29 bits per heavy atom. The second-order valence-electron chi connectivity index (χ2n) is 5.44. The first-order chi connectivity index (χ1) is 10.2. The van der Waals surface area contributed by atoms with Gasteiger partial charge in [-0.05, 0) is 28.7 Å². The van der Waals surface area contributed by atoms with E-state index < -0.39 is 0 Å². The van der Waals surface area contributed by atoms with Crippen molar-refractivity contribution < 1.29 is 4.79 Å². The van der Waals surface area contributed by atoms with E-state index in [1.807, 2.05) is 12.1 Å². The van der Waals surface area contributed by atoms with Crippen LogP contribution in [0.2, 0.25) is 0 Å². The van der Waals surface area contributed by atoms with Crippen LogP contribution in [0.5, 0.6) is 0 Å². The molecule has 0 aliphatic heterocycles. The Kier molecular flexibility index (Phi) is 4.32. The van der Waals surface area contributed by atoms with Gasteiger partial charge in [0.1, 0.15) is 0 Å². The number of alkyl halides is 2. The highest BCUT2D eigenvalue weighted by atomic mass is 35.5. The molecule has 1 aliphatic carbocycles. The lowest BCUT2D eigenvalue weighted by atomic mass is 9.78. The van der Waals surface area contributed by atoms with Gasteiger partial charge < -0.3 is 0 Å². The van der Waals surface area contributed by atoms with Crippen LogP contribution in [0.25, 0.3) is 0 Å². The first-order valence-corrected chi connectivity index (χ1v) is 8.16. The van der Waals surface area contributed by atoms with E-state index in [0.29, 0.717) is 18.2 Å². The van der Waals surface area contributed by atoms with E-state index in [2.05, 4.69) is 30.3 Å². The Morgan fingerprint density at radius 1 is 0.952 bits per heavy atom. The van der Waals surface area contributed by atoms with Crippen molar-refractivity contribution in [2.45, 2.75) is 30.5 Å². The zero-order valence-corrected chi connectivity index (χ0v) is 13.1. The summed E-state index contributed by atoms with van der Waals surface area (Å²) in [5.74, 6) is 1.50. The molecular weight excluding hydrogens is 303 g/mol. The molecule has 2 aromatic rings. The molecule has 2 aromatic carbocycles. The van der Waals surface area contributed by atoms with Gasteiger partial charge in [0.25, 0.3) is 0 Å². The van der Waals surface area contributed by atoms with Crippen molar-refractivity contribution in [1.82, 2.24) is 0 Å². The zero-order valence-electron chi connectivity index (χ0n) is 11.6. The van der Waals surface area contributed by atoms with E-state index in [0.717, 1.165) is 28.7 Å². The van der Waals surface area contributed by atoms with Crippen molar-refractivity contribution in [3.8, 4) is 0 Å². The third kappa shape index (κ3) is 2.86. The minimum absolute atomic E-state index is 0.236. The number of benzene rings is 2. The highest BCUT2D eigenvalue weighted by Crippen LogP contribution is 2.37. The smallest absolute Gasteiger partial charge is 0.163 e. The molecule has 0 N–H and O–H groups in total. The fraction of sp³-hybridized carbons (Fsp3) is 0.278. The molecule has 0 radical (unpaired) electrons. The minimum atomic E-state index is 0.236. The van der Waals surface area contributed by atoms with E-state index in [-0.39, 0.29) is 11.7 Å². The summed E-state index contributed by atoms with van der Waals surface area (Å²) in [4.78, 5) is 12.1. The second-order valence-corrected chi connectivity index (χ2v) is 5.98. The van der Waals surface area contributed by atoms with Crippen molar-refractivity contribution in [1.29, 1.82) is 0 Å². The van der Waals surface area contributed by atoms with Gasteiger partial charge in [-0.15, -0.1) is 23.2 Å². The normalized spacial score (nSPS) is 17.6. The number of fused-ring (bicyclic) bond motifs is 1. The van der Waals surface area contributed by atoms with E-state index in [4.69, 9.17) is 23.2 Å². The average Bonchev–Trinajstić information content (AvgIpc) is 2.55. The predicted octanol–water partition coefficient (Wildman–Crippen LogP) is 5.27. The maximum atomic E-state index is 12.1. The van der Waals surface area contributed by atoms with Crippen LogP contribution in [-0.4, -0.2) is 5.78 Å². The van der Waals surface area contributed by atoms with Gasteiger partial charge in [-0.3, -0.25) is 4.79 Å². The summed E-state index contributed by atoms with van der Waals surface area (Å²) in [7, 11) is 0. The van der Waals surface area contributed by atoms with Crippen LogP contribution in [0.4, 0.5) is 0 Å². The van der Waals surface area contributed by atoms with Gasteiger partial charge in [-0.25, -0.2) is 0 Å². The molecule has 3 heteroatoms. The van der Waals surface area contributed by atoms with Gasteiger partial charge >= 0.3 is 0 Å². The van der Waals surface area contributed by atoms with Crippen LogP contribution >= 0.6 is 23.2 Å². The molecule has 21 heavy (non-hydrogen) atoms. The molecule has 1 atom stereocenters. The van der Waals surface area contributed by atoms with Crippen molar-refractivity contribution >= 4 is 29.0 Å². The lowest BCUT2D eigenvalue weighted by Crippen LogP contribution is -2.17. The number of carbonyl (C=O) groups is 1. The summed E-state index contributed by atoms with van der Waals surface area (Å²) in [6.07, 6.45) is 1.47. The summed E-state index contributed by atoms with van der Waals surface area (Å²) >= 11 is 11.8. The van der Waals surface area contributed by atoms with Crippen molar-refractivity contribution in [3.63, 3.8) is 0 Å². The number of rotatable bonds is 3. The van der Waals surface area contributed by atoms with Crippen LogP contribution in [0.15, 0.2) is 42.5 Å². The molecule has 0 fully saturated rings. The van der Waals surface area contributed by atoms with Gasteiger partial charge in [0.2, 0.25) is 0 Å². The number of hydrogen-bond acceptors (Lipinski definition) is 1. The van der Waals surface area contributed by atoms with Crippen molar-refractivity contribution in [2.75, 3.05) is 0 Å². The topological polar surface area (TPSA) is 17.1 Å². The second kappa shape index (κ2) is 6.21. The minimum Gasteiger partial charge on any atom is -0.294 e. The van der Waals surface area contributed by atoms with Crippen molar-refractivity contribution in [2.24, 2.45) is 0 Å². The molecule has 0 heterocycles. The highest BCUT2D eigenvalue weighted by molar-refractivity contribution is 6.17. The number of carbonyl (C=O) groups excluding carboxylic acids is 1. The zero-order chi connectivity index (χ0) is 14.8. The molecule has 108 valence electrons. The number of hydrogen-bond donors (Lipinski definition) is 0. The molecule has 1 unspecified atom stereocenters.